The molecule has 0 heterocycles. The molecule has 1 atom stereocenters. The van der Waals surface area contributed by atoms with Crippen LogP contribution in [0.2, 0.25) is 5.02 Å². The fourth-order valence-electron chi connectivity index (χ4n) is 1.92. The molecule has 3 heteroatoms. The second kappa shape index (κ2) is 6.26. The number of aryl methyl sites for hydroxylation is 1. The summed E-state index contributed by atoms with van der Waals surface area (Å²) in [7, 11) is 0. The van der Waals surface area contributed by atoms with E-state index in [1.54, 1.807) is 0 Å². The average molecular weight is 271 g/mol. The molecule has 2 rings (SSSR count). The first-order valence-corrected chi connectivity index (χ1v) is 6.53. The van der Waals surface area contributed by atoms with Gasteiger partial charge in [0.25, 0.3) is 0 Å². The summed E-state index contributed by atoms with van der Waals surface area (Å²) >= 11 is 5.98. The lowest BCUT2D eigenvalue weighted by atomic mass is 10.0. The molecule has 0 bridgehead atoms. The van der Waals surface area contributed by atoms with Gasteiger partial charge in [0.1, 0.15) is 0 Å². The van der Waals surface area contributed by atoms with Crippen molar-refractivity contribution in [2.75, 3.05) is 11.9 Å². The van der Waals surface area contributed by atoms with E-state index < -0.39 is 0 Å². The minimum atomic E-state index is -0.167. The van der Waals surface area contributed by atoms with Gasteiger partial charge in [-0.1, -0.05) is 48.0 Å². The Bertz CT molecular complexity index is 587. The molecular weight excluding hydrogens is 256 g/mol. The van der Waals surface area contributed by atoms with E-state index in [1.807, 2.05) is 55.5 Å². The van der Waals surface area contributed by atoms with Crippen molar-refractivity contribution in [3.05, 3.63) is 64.7 Å². The summed E-state index contributed by atoms with van der Waals surface area (Å²) in [4.78, 5) is 0. The molecule has 0 aliphatic carbocycles. The lowest BCUT2D eigenvalue weighted by Gasteiger charge is -2.14. The normalized spacial score (nSPS) is 11.6. The van der Waals surface area contributed by atoms with Gasteiger partial charge in [-0.05, 0) is 30.2 Å². The maximum absolute atomic E-state index is 9.27. The SMILES string of the molecule is Cc1ccc(Cl)cc1NCC(C#N)c1ccccc1. The fourth-order valence-corrected chi connectivity index (χ4v) is 2.09. The number of benzene rings is 2. The Balaban J connectivity index is 2.09. The van der Waals surface area contributed by atoms with Crippen LogP contribution in [-0.4, -0.2) is 6.54 Å². The molecule has 0 amide bonds. The predicted molar refractivity (Wildman–Crippen MR) is 79.5 cm³/mol. The fraction of sp³-hybridized carbons (Fsp3) is 0.188. The average Bonchev–Trinajstić information content (AvgIpc) is 2.44. The Morgan fingerprint density at radius 3 is 2.63 bits per heavy atom. The number of nitriles is 1. The summed E-state index contributed by atoms with van der Waals surface area (Å²) in [5, 5.41) is 13.3. The minimum absolute atomic E-state index is 0.167. The van der Waals surface area contributed by atoms with Crippen molar-refractivity contribution in [1.29, 1.82) is 5.26 Å². The van der Waals surface area contributed by atoms with Crippen molar-refractivity contribution in [2.24, 2.45) is 0 Å². The topological polar surface area (TPSA) is 35.8 Å². The van der Waals surface area contributed by atoms with Crippen LogP contribution in [0.1, 0.15) is 17.0 Å². The molecule has 0 aliphatic heterocycles. The Kier molecular flexibility index (Phi) is 4.43. The maximum atomic E-state index is 9.27. The Morgan fingerprint density at radius 1 is 1.21 bits per heavy atom. The van der Waals surface area contributed by atoms with Crippen LogP contribution in [0.3, 0.4) is 0 Å². The van der Waals surface area contributed by atoms with Gasteiger partial charge in [-0.2, -0.15) is 5.26 Å². The molecular formula is C16H15ClN2. The second-order valence-electron chi connectivity index (χ2n) is 4.43. The van der Waals surface area contributed by atoms with E-state index in [1.165, 1.54) is 0 Å². The van der Waals surface area contributed by atoms with Gasteiger partial charge in [-0.3, -0.25) is 0 Å². The van der Waals surface area contributed by atoms with Crippen LogP contribution in [0, 0.1) is 18.3 Å². The number of hydrogen-bond donors (Lipinski definition) is 1. The molecule has 1 N–H and O–H groups in total. The maximum Gasteiger partial charge on any atom is 0.0885 e. The molecule has 0 aliphatic rings. The summed E-state index contributed by atoms with van der Waals surface area (Å²) < 4.78 is 0. The highest BCUT2D eigenvalue weighted by Crippen LogP contribution is 2.22. The Labute approximate surface area is 118 Å². The number of nitrogens with zero attached hydrogens (tertiary/aromatic N) is 1. The van der Waals surface area contributed by atoms with Crippen LogP contribution < -0.4 is 5.32 Å². The number of rotatable bonds is 4. The molecule has 0 aromatic heterocycles. The standard InChI is InChI=1S/C16H15ClN2/c1-12-7-8-15(17)9-16(12)19-11-14(10-18)13-5-3-2-4-6-13/h2-9,14,19H,11H2,1H3. The van der Waals surface area contributed by atoms with Gasteiger partial charge >= 0.3 is 0 Å². The van der Waals surface area contributed by atoms with E-state index in [4.69, 9.17) is 11.6 Å². The summed E-state index contributed by atoms with van der Waals surface area (Å²) in [6.45, 7) is 2.59. The van der Waals surface area contributed by atoms with Gasteiger partial charge in [0.15, 0.2) is 0 Å². The van der Waals surface area contributed by atoms with Gasteiger partial charge in [-0.25, -0.2) is 0 Å². The zero-order chi connectivity index (χ0) is 13.7. The molecule has 0 radical (unpaired) electrons. The molecule has 0 saturated carbocycles. The van der Waals surface area contributed by atoms with E-state index in [9.17, 15) is 5.26 Å². The van der Waals surface area contributed by atoms with Crippen LogP contribution in [0.4, 0.5) is 5.69 Å². The van der Waals surface area contributed by atoms with Gasteiger partial charge in [0, 0.05) is 17.3 Å². The summed E-state index contributed by atoms with van der Waals surface area (Å²) in [5.74, 6) is -0.167. The lowest BCUT2D eigenvalue weighted by molar-refractivity contribution is 0.899. The van der Waals surface area contributed by atoms with Gasteiger partial charge in [0.05, 0.1) is 12.0 Å². The third kappa shape index (κ3) is 3.49. The summed E-state index contributed by atoms with van der Waals surface area (Å²) in [6, 6.07) is 17.8. The highest BCUT2D eigenvalue weighted by atomic mass is 35.5. The zero-order valence-electron chi connectivity index (χ0n) is 10.7. The van der Waals surface area contributed by atoms with E-state index in [0.29, 0.717) is 11.6 Å². The monoisotopic (exact) mass is 270 g/mol. The number of halogens is 1. The smallest absolute Gasteiger partial charge is 0.0885 e. The van der Waals surface area contributed by atoms with Crippen LogP contribution in [0.15, 0.2) is 48.5 Å². The van der Waals surface area contributed by atoms with Crippen molar-refractivity contribution >= 4 is 17.3 Å². The first-order valence-electron chi connectivity index (χ1n) is 6.15. The highest BCUT2D eigenvalue weighted by Gasteiger charge is 2.10. The second-order valence-corrected chi connectivity index (χ2v) is 4.87. The number of nitrogens with one attached hydrogen (secondary N) is 1. The molecule has 2 aromatic rings. The molecule has 1 unspecified atom stereocenters. The first-order chi connectivity index (χ1) is 9.20. The van der Waals surface area contributed by atoms with E-state index >= 15 is 0 Å². The molecule has 19 heavy (non-hydrogen) atoms. The van der Waals surface area contributed by atoms with Crippen molar-refractivity contribution in [2.45, 2.75) is 12.8 Å². The largest absolute Gasteiger partial charge is 0.383 e. The van der Waals surface area contributed by atoms with Crippen molar-refractivity contribution < 1.29 is 0 Å². The van der Waals surface area contributed by atoms with Crippen molar-refractivity contribution in [3.8, 4) is 6.07 Å². The lowest BCUT2D eigenvalue weighted by Crippen LogP contribution is -2.11. The van der Waals surface area contributed by atoms with Crippen LogP contribution >= 0.6 is 11.6 Å². The molecule has 2 nitrogen and oxygen atoms in total. The van der Waals surface area contributed by atoms with Crippen molar-refractivity contribution in [1.82, 2.24) is 0 Å². The number of anilines is 1. The van der Waals surface area contributed by atoms with Crippen LogP contribution in [-0.2, 0) is 0 Å². The summed E-state index contributed by atoms with van der Waals surface area (Å²) in [6.07, 6.45) is 0. The summed E-state index contributed by atoms with van der Waals surface area (Å²) in [5.41, 5.74) is 3.12. The highest BCUT2D eigenvalue weighted by molar-refractivity contribution is 6.30. The quantitative estimate of drug-likeness (QED) is 0.896. The van der Waals surface area contributed by atoms with Gasteiger partial charge < -0.3 is 5.32 Å². The molecule has 2 aromatic carbocycles. The first kappa shape index (κ1) is 13.5. The van der Waals surface area contributed by atoms with E-state index in [0.717, 1.165) is 16.8 Å². The zero-order valence-corrected chi connectivity index (χ0v) is 11.5. The predicted octanol–water partition coefficient (Wildman–Crippen LogP) is 4.37. The van der Waals surface area contributed by atoms with Crippen LogP contribution in [0.25, 0.3) is 0 Å². The molecule has 0 fully saturated rings. The van der Waals surface area contributed by atoms with Crippen molar-refractivity contribution in [3.63, 3.8) is 0 Å². The van der Waals surface area contributed by atoms with Gasteiger partial charge in [-0.15, -0.1) is 0 Å². The molecule has 0 spiro atoms. The third-order valence-electron chi connectivity index (χ3n) is 3.05. The van der Waals surface area contributed by atoms with Crippen LogP contribution in [0.5, 0.6) is 0 Å². The van der Waals surface area contributed by atoms with Gasteiger partial charge in [0.2, 0.25) is 0 Å². The van der Waals surface area contributed by atoms with E-state index in [2.05, 4.69) is 11.4 Å². The molecule has 0 saturated heterocycles. The minimum Gasteiger partial charge on any atom is -0.383 e. The van der Waals surface area contributed by atoms with E-state index in [-0.39, 0.29) is 5.92 Å². The molecule has 96 valence electrons. The Hall–Kier alpha value is -1.98. The Morgan fingerprint density at radius 2 is 1.95 bits per heavy atom. The number of hydrogen-bond acceptors (Lipinski definition) is 2. The third-order valence-corrected chi connectivity index (χ3v) is 3.29.